The first kappa shape index (κ1) is 11.8. The fourth-order valence-corrected chi connectivity index (χ4v) is 1.88. The second kappa shape index (κ2) is 5.54. The monoisotopic (exact) mass is 256 g/mol. The van der Waals surface area contributed by atoms with Crippen molar-refractivity contribution in [3.05, 3.63) is 29.3 Å². The molecule has 1 aromatic carbocycles. The van der Waals surface area contributed by atoms with E-state index >= 15 is 0 Å². The number of hydrogen-bond acceptors (Lipinski definition) is 4. The van der Waals surface area contributed by atoms with Crippen LogP contribution in [-0.2, 0) is 13.4 Å². The van der Waals surface area contributed by atoms with Crippen LogP contribution in [0.2, 0.25) is 5.02 Å². The van der Waals surface area contributed by atoms with E-state index in [1.54, 1.807) is 0 Å². The third kappa shape index (κ3) is 4.27. The lowest BCUT2D eigenvalue weighted by molar-refractivity contribution is 0.375. The minimum Gasteiger partial charge on any atom is -0.426 e. The molecule has 2 unspecified atom stereocenters. The van der Waals surface area contributed by atoms with Gasteiger partial charge in [-0.1, -0.05) is 11.6 Å². The van der Waals surface area contributed by atoms with Gasteiger partial charge in [0.05, 0.1) is 0 Å². The van der Waals surface area contributed by atoms with E-state index in [2.05, 4.69) is 4.31 Å². The van der Waals surface area contributed by atoms with Crippen molar-refractivity contribution in [1.82, 2.24) is 0 Å². The minimum absolute atomic E-state index is 0.265. The highest BCUT2D eigenvalue weighted by Gasteiger charge is 2.04. The smallest absolute Gasteiger partial charge is 0.374 e. The average molecular weight is 257 g/mol. The van der Waals surface area contributed by atoms with Crippen LogP contribution in [0.1, 0.15) is 0 Å². The van der Waals surface area contributed by atoms with Crippen molar-refractivity contribution in [2.24, 2.45) is 0 Å². The number of halogens is 1. The maximum absolute atomic E-state index is 10.9. The molecule has 0 aliphatic rings. The number of rotatable bonds is 4. The van der Waals surface area contributed by atoms with Crippen LogP contribution >= 0.6 is 28.1 Å². The summed E-state index contributed by atoms with van der Waals surface area (Å²) >= 11 is 5.59. The van der Waals surface area contributed by atoms with Crippen LogP contribution in [-0.4, -0.2) is 4.89 Å². The van der Waals surface area contributed by atoms with Gasteiger partial charge in [0.1, 0.15) is 5.75 Å². The molecule has 0 radical (unpaired) electrons. The largest absolute Gasteiger partial charge is 0.426 e. The molecule has 14 heavy (non-hydrogen) atoms. The van der Waals surface area contributed by atoms with Crippen molar-refractivity contribution in [3.63, 3.8) is 0 Å². The van der Waals surface area contributed by atoms with Gasteiger partial charge in [0.25, 0.3) is 0 Å². The first-order valence-corrected chi connectivity index (χ1v) is 6.33. The Morgan fingerprint density at radius 3 is 2.29 bits per heavy atom. The summed E-state index contributed by atoms with van der Waals surface area (Å²) in [5, 5.41) is 0.508. The van der Waals surface area contributed by atoms with E-state index in [1.165, 1.54) is 24.3 Å². The Labute approximate surface area is 86.5 Å². The molecule has 1 rings (SSSR count). The number of hydrogen-bond donors (Lipinski definition) is 1. The number of benzene rings is 1. The van der Waals surface area contributed by atoms with Crippen molar-refractivity contribution in [1.29, 1.82) is 0 Å². The van der Waals surface area contributed by atoms with Gasteiger partial charge < -0.3 is 9.42 Å². The lowest BCUT2D eigenvalue weighted by Crippen LogP contribution is -1.80. The molecule has 2 atom stereocenters. The standard InChI is InChI=1S/C6H7ClO5P2/c7-5-1-3-6(4-2-5)11-14(10)12-13(8)9/h1-4,13-14H,(H,8,9). The Balaban J connectivity index is 2.56. The van der Waals surface area contributed by atoms with Gasteiger partial charge >= 0.3 is 16.5 Å². The Morgan fingerprint density at radius 2 is 1.79 bits per heavy atom. The Hall–Kier alpha value is -0.310. The molecule has 8 heteroatoms. The topological polar surface area (TPSA) is 72.8 Å². The minimum atomic E-state index is -3.23. The Bertz CT molecular complexity index is 352. The fraction of sp³-hybridized carbons (Fsp3) is 0. The normalized spacial score (nSPS) is 14.7. The lowest BCUT2D eigenvalue weighted by Gasteiger charge is -2.03. The predicted octanol–water partition coefficient (Wildman–Crippen LogP) is 2.51. The Morgan fingerprint density at radius 1 is 1.21 bits per heavy atom. The van der Waals surface area contributed by atoms with Gasteiger partial charge in [-0.15, -0.1) is 0 Å². The third-order valence-corrected chi connectivity index (χ3v) is 3.20. The molecule has 0 bridgehead atoms. The summed E-state index contributed by atoms with van der Waals surface area (Å²) in [5.74, 6) is 0.265. The molecule has 0 amide bonds. The van der Waals surface area contributed by atoms with Crippen molar-refractivity contribution < 1.29 is 22.9 Å². The summed E-state index contributed by atoms with van der Waals surface area (Å²) in [6.07, 6.45) is 0. The molecule has 78 valence electrons. The first-order chi connectivity index (χ1) is 6.58. The summed E-state index contributed by atoms with van der Waals surface area (Å²) in [6, 6.07) is 6.02. The van der Waals surface area contributed by atoms with E-state index in [-0.39, 0.29) is 5.75 Å². The van der Waals surface area contributed by atoms with Crippen LogP contribution in [0.4, 0.5) is 0 Å². The molecule has 5 nitrogen and oxygen atoms in total. The highest BCUT2D eigenvalue weighted by atomic mass is 35.5. The molecular weight excluding hydrogens is 249 g/mol. The van der Waals surface area contributed by atoms with Gasteiger partial charge in [0.2, 0.25) is 0 Å². The molecule has 0 fully saturated rings. The molecule has 0 aliphatic carbocycles. The second-order valence-electron chi connectivity index (χ2n) is 2.17. The van der Waals surface area contributed by atoms with E-state index in [1.807, 2.05) is 0 Å². The van der Waals surface area contributed by atoms with Crippen LogP contribution in [0.3, 0.4) is 0 Å². The zero-order valence-electron chi connectivity index (χ0n) is 6.77. The Kier molecular flexibility index (Phi) is 4.66. The summed E-state index contributed by atoms with van der Waals surface area (Å²) in [6.45, 7) is 0. The molecule has 1 aromatic rings. The predicted molar refractivity (Wildman–Crippen MR) is 53.4 cm³/mol. The van der Waals surface area contributed by atoms with Crippen LogP contribution in [0.25, 0.3) is 0 Å². The molecule has 0 heterocycles. The molecule has 1 N–H and O–H groups in total. The average Bonchev–Trinajstić information content (AvgIpc) is 2.07. The van der Waals surface area contributed by atoms with Crippen LogP contribution in [0.5, 0.6) is 5.75 Å². The van der Waals surface area contributed by atoms with Crippen LogP contribution in [0, 0.1) is 0 Å². The van der Waals surface area contributed by atoms with Crippen molar-refractivity contribution >= 4 is 28.1 Å². The van der Waals surface area contributed by atoms with Gasteiger partial charge in [0, 0.05) is 5.02 Å². The maximum Gasteiger partial charge on any atom is 0.374 e. The van der Waals surface area contributed by atoms with E-state index in [0.29, 0.717) is 5.02 Å². The van der Waals surface area contributed by atoms with Gasteiger partial charge in [-0.05, 0) is 24.3 Å². The highest BCUT2D eigenvalue weighted by molar-refractivity contribution is 7.47. The van der Waals surface area contributed by atoms with Gasteiger partial charge in [-0.2, -0.15) is 0 Å². The van der Waals surface area contributed by atoms with Gasteiger partial charge in [-0.25, -0.2) is 8.88 Å². The molecule has 0 spiro atoms. The van der Waals surface area contributed by atoms with Crippen molar-refractivity contribution in [3.8, 4) is 5.75 Å². The molecule has 0 saturated carbocycles. The molecule has 0 aliphatic heterocycles. The van der Waals surface area contributed by atoms with Crippen molar-refractivity contribution in [2.45, 2.75) is 0 Å². The summed E-state index contributed by atoms with van der Waals surface area (Å²) in [4.78, 5) is 8.29. The third-order valence-electron chi connectivity index (χ3n) is 1.19. The zero-order valence-corrected chi connectivity index (χ0v) is 9.52. The van der Waals surface area contributed by atoms with Gasteiger partial charge in [0.15, 0.2) is 0 Å². The summed E-state index contributed by atoms with van der Waals surface area (Å²) in [5.41, 5.74) is 0. The SMILES string of the molecule is O=[PH](O)O[PH](=O)Oc1ccc(Cl)cc1. The van der Waals surface area contributed by atoms with Crippen molar-refractivity contribution in [2.75, 3.05) is 0 Å². The molecular formula is C6H7ClO5P2. The van der Waals surface area contributed by atoms with Crippen LogP contribution in [0.15, 0.2) is 24.3 Å². The second-order valence-corrected chi connectivity index (χ2v) is 4.66. The highest BCUT2D eigenvalue weighted by Crippen LogP contribution is 2.37. The van der Waals surface area contributed by atoms with Crippen LogP contribution < -0.4 is 4.52 Å². The fourth-order valence-electron chi connectivity index (χ4n) is 0.691. The zero-order chi connectivity index (χ0) is 10.6. The maximum atomic E-state index is 10.9. The van der Waals surface area contributed by atoms with Gasteiger partial charge in [-0.3, -0.25) is 4.57 Å². The first-order valence-electron chi connectivity index (χ1n) is 3.46. The van der Waals surface area contributed by atoms with E-state index < -0.39 is 16.5 Å². The van der Waals surface area contributed by atoms with E-state index in [0.717, 1.165) is 0 Å². The molecule has 0 saturated heterocycles. The molecule has 0 aromatic heterocycles. The van der Waals surface area contributed by atoms with E-state index in [4.69, 9.17) is 21.0 Å². The summed E-state index contributed by atoms with van der Waals surface area (Å²) < 4.78 is 29.8. The quantitative estimate of drug-likeness (QED) is 0.838. The lowest BCUT2D eigenvalue weighted by atomic mass is 10.3. The van der Waals surface area contributed by atoms with E-state index in [9.17, 15) is 9.13 Å². The summed E-state index contributed by atoms with van der Waals surface area (Å²) in [7, 11) is -6.19.